The zero-order valence-electron chi connectivity index (χ0n) is 37.3. The molecule has 0 bridgehead atoms. The first-order chi connectivity index (χ1) is 30.1. The first kappa shape index (κ1) is 55.6. The number of carbonyl (C=O) groups excluding carboxylic acids is 1. The van der Waals surface area contributed by atoms with E-state index in [0.29, 0.717) is 19.4 Å². The quantitative estimate of drug-likeness (QED) is 0.0240. The molecule has 0 saturated carbocycles. The van der Waals surface area contributed by atoms with Crippen LogP contribution in [-0.2, 0) is 33.2 Å². The number of allylic oxidation sites excluding steroid dienone is 12. The molecular weight excluding hydrogens is 801 g/mol. The second-order valence-electron chi connectivity index (χ2n) is 15.8. The molecule has 2 aliphatic heterocycles. The van der Waals surface area contributed by atoms with Crippen LogP contribution in [0, 0.1) is 0 Å². The topological polar surface area (TPSA) is 214 Å². The maximum absolute atomic E-state index is 12.9. The molecule has 2 rings (SSSR count). The average molecular weight is 881 g/mol. The van der Waals surface area contributed by atoms with Crippen molar-refractivity contribution in [1.82, 2.24) is 0 Å². The van der Waals surface area contributed by atoms with Gasteiger partial charge in [0, 0.05) is 13.0 Å². The molecule has 0 aromatic heterocycles. The number of ether oxygens (including phenoxy) is 6. The van der Waals surface area contributed by atoms with Gasteiger partial charge in [-0.15, -0.1) is 0 Å². The fourth-order valence-corrected chi connectivity index (χ4v) is 6.67. The van der Waals surface area contributed by atoms with Gasteiger partial charge in [0.1, 0.15) is 54.9 Å². The number of aliphatic hydroxyl groups is 7. The van der Waals surface area contributed by atoms with Crippen LogP contribution in [-0.4, -0.2) is 142 Å². The van der Waals surface area contributed by atoms with E-state index in [1.54, 1.807) is 0 Å². The molecule has 0 amide bonds. The summed E-state index contributed by atoms with van der Waals surface area (Å²) in [5.74, 6) is -0.439. The smallest absolute Gasteiger partial charge is 0.306 e. The molecule has 2 heterocycles. The van der Waals surface area contributed by atoms with Crippen LogP contribution in [0.25, 0.3) is 0 Å². The third-order valence-corrected chi connectivity index (χ3v) is 10.4. The Kier molecular flexibility index (Phi) is 32.0. The number of aliphatic hydroxyl groups excluding tert-OH is 7. The highest BCUT2D eigenvalue weighted by molar-refractivity contribution is 5.69. The fourth-order valence-electron chi connectivity index (χ4n) is 6.67. The molecule has 0 aromatic carbocycles. The summed E-state index contributed by atoms with van der Waals surface area (Å²) in [5, 5.41) is 71.9. The minimum atomic E-state index is -1.72. The number of esters is 1. The molecule has 2 fully saturated rings. The zero-order chi connectivity index (χ0) is 45.2. The van der Waals surface area contributed by atoms with Crippen LogP contribution >= 0.6 is 0 Å². The van der Waals surface area contributed by atoms with E-state index in [2.05, 4.69) is 80.7 Å². The molecule has 0 radical (unpaired) electrons. The largest absolute Gasteiger partial charge is 0.457 e. The van der Waals surface area contributed by atoms with Gasteiger partial charge in [-0.1, -0.05) is 119 Å². The average Bonchev–Trinajstić information content (AvgIpc) is 3.27. The summed E-state index contributed by atoms with van der Waals surface area (Å²) < 4.78 is 34.0. The Hall–Kier alpha value is -2.57. The van der Waals surface area contributed by atoms with Crippen LogP contribution in [0.2, 0.25) is 0 Å². The number of rotatable bonds is 34. The van der Waals surface area contributed by atoms with Crippen LogP contribution in [0.3, 0.4) is 0 Å². The minimum absolute atomic E-state index is 0.0300. The van der Waals surface area contributed by atoms with Crippen LogP contribution in [0.1, 0.15) is 123 Å². The highest BCUT2D eigenvalue weighted by atomic mass is 16.7. The van der Waals surface area contributed by atoms with Crippen LogP contribution < -0.4 is 0 Å². The van der Waals surface area contributed by atoms with Gasteiger partial charge < -0.3 is 64.2 Å². The predicted molar refractivity (Wildman–Crippen MR) is 238 cm³/mol. The van der Waals surface area contributed by atoms with Gasteiger partial charge in [-0.05, 0) is 70.6 Å². The van der Waals surface area contributed by atoms with E-state index in [9.17, 15) is 40.5 Å². The summed E-state index contributed by atoms with van der Waals surface area (Å²) in [4.78, 5) is 12.9. The third kappa shape index (κ3) is 23.9. The van der Waals surface area contributed by atoms with Gasteiger partial charge in [-0.3, -0.25) is 4.79 Å². The first-order valence-corrected chi connectivity index (χ1v) is 23.0. The van der Waals surface area contributed by atoms with Crippen molar-refractivity contribution in [3.8, 4) is 0 Å². The molecule has 11 atom stereocenters. The maximum atomic E-state index is 12.9. The van der Waals surface area contributed by atoms with Crippen LogP contribution in [0.4, 0.5) is 0 Å². The van der Waals surface area contributed by atoms with E-state index in [4.69, 9.17) is 28.4 Å². The molecule has 14 nitrogen and oxygen atoms in total. The van der Waals surface area contributed by atoms with Crippen molar-refractivity contribution in [3.05, 3.63) is 72.9 Å². The number of hydrogen-bond acceptors (Lipinski definition) is 14. The third-order valence-electron chi connectivity index (χ3n) is 10.4. The Morgan fingerprint density at radius 2 is 1.05 bits per heavy atom. The van der Waals surface area contributed by atoms with E-state index in [1.807, 2.05) is 6.08 Å². The van der Waals surface area contributed by atoms with Gasteiger partial charge in [0.25, 0.3) is 0 Å². The molecule has 356 valence electrons. The molecule has 2 saturated heterocycles. The lowest BCUT2D eigenvalue weighted by Crippen LogP contribution is -2.61. The van der Waals surface area contributed by atoms with Gasteiger partial charge in [-0.25, -0.2) is 0 Å². The second kappa shape index (κ2) is 35.7. The normalized spacial score (nSPS) is 27.9. The van der Waals surface area contributed by atoms with Gasteiger partial charge in [0.15, 0.2) is 12.6 Å². The van der Waals surface area contributed by atoms with E-state index >= 15 is 0 Å². The summed E-state index contributed by atoms with van der Waals surface area (Å²) >= 11 is 0. The van der Waals surface area contributed by atoms with Crippen molar-refractivity contribution in [1.29, 1.82) is 0 Å². The molecule has 7 N–H and O–H groups in total. The highest BCUT2D eigenvalue weighted by Crippen LogP contribution is 2.26. The molecule has 62 heavy (non-hydrogen) atoms. The van der Waals surface area contributed by atoms with Gasteiger partial charge in [-0.2, -0.15) is 0 Å². The van der Waals surface area contributed by atoms with E-state index in [-0.39, 0.29) is 19.6 Å². The second-order valence-corrected chi connectivity index (χ2v) is 15.8. The monoisotopic (exact) mass is 881 g/mol. The molecule has 0 aromatic rings. The van der Waals surface area contributed by atoms with Crippen molar-refractivity contribution >= 4 is 5.97 Å². The number of unbranched alkanes of at least 4 members (excludes halogenated alkanes) is 8. The molecule has 14 heteroatoms. The Bertz CT molecular complexity index is 1300. The van der Waals surface area contributed by atoms with Crippen molar-refractivity contribution < 1.29 is 69.0 Å². The van der Waals surface area contributed by atoms with Gasteiger partial charge >= 0.3 is 5.97 Å². The van der Waals surface area contributed by atoms with Crippen molar-refractivity contribution in [3.63, 3.8) is 0 Å². The lowest BCUT2D eigenvalue weighted by molar-refractivity contribution is -0.332. The number of hydrogen-bond donors (Lipinski definition) is 7. The Morgan fingerprint density at radius 3 is 1.66 bits per heavy atom. The minimum Gasteiger partial charge on any atom is -0.457 e. The lowest BCUT2D eigenvalue weighted by atomic mass is 9.98. The van der Waals surface area contributed by atoms with Crippen molar-refractivity contribution in [2.24, 2.45) is 0 Å². The van der Waals surface area contributed by atoms with E-state index in [1.165, 1.54) is 19.3 Å². The summed E-state index contributed by atoms with van der Waals surface area (Å²) in [6.45, 7) is 3.39. The maximum Gasteiger partial charge on any atom is 0.306 e. The van der Waals surface area contributed by atoms with Crippen molar-refractivity contribution in [2.75, 3.05) is 33.0 Å². The molecule has 0 spiro atoms. The summed E-state index contributed by atoms with van der Waals surface area (Å²) in [5.41, 5.74) is 0. The molecular formula is C48H80O14. The number of carbonyl (C=O) groups is 1. The molecule has 0 aliphatic carbocycles. The molecule has 11 unspecified atom stereocenters. The Labute approximate surface area is 370 Å². The highest BCUT2D eigenvalue weighted by Gasteiger charge is 2.47. The SMILES string of the molecule is CC/C=C\C/C=C\C/C=C\C/C=C\C/C=C\CCCC(=O)OC(COCCCCCCCC/C=C\CCC)COC1OC(COC2OC(CO)C(O)C(O)C2O)C(O)C(O)C1O. The van der Waals surface area contributed by atoms with Crippen molar-refractivity contribution in [2.45, 2.75) is 191 Å². The van der Waals surface area contributed by atoms with E-state index in [0.717, 1.165) is 70.6 Å². The zero-order valence-corrected chi connectivity index (χ0v) is 37.3. The standard InChI is InChI=1S/C48H80O14/c1-3-5-7-9-11-13-15-16-17-18-19-20-21-23-25-27-29-31-40(50)60-37(34-57-32-30-28-26-24-22-14-12-10-8-6-4-2)35-58-47-46(56)44(54)42(52)39(62-47)36-59-48-45(55)43(53)41(51)38(33-49)61-48/h5,7-8,10-11,13,16-17,19-20,23,25,37-39,41-49,51-56H,3-4,6,9,12,14-15,18,21-22,24,26-36H2,1-2H3/b7-5-,10-8-,13-11-,17-16-,20-19-,25-23-. The summed E-state index contributed by atoms with van der Waals surface area (Å²) in [6, 6.07) is 0. The van der Waals surface area contributed by atoms with Gasteiger partial charge in [0.05, 0.1) is 26.4 Å². The van der Waals surface area contributed by atoms with E-state index < -0.39 is 86.7 Å². The molecule has 2 aliphatic rings. The lowest BCUT2D eigenvalue weighted by Gasteiger charge is -2.42. The van der Waals surface area contributed by atoms with Crippen LogP contribution in [0.15, 0.2) is 72.9 Å². The van der Waals surface area contributed by atoms with Gasteiger partial charge in [0.2, 0.25) is 0 Å². The first-order valence-electron chi connectivity index (χ1n) is 23.0. The van der Waals surface area contributed by atoms with Crippen LogP contribution in [0.5, 0.6) is 0 Å². The summed E-state index contributed by atoms with van der Waals surface area (Å²) in [7, 11) is 0. The summed E-state index contributed by atoms with van der Waals surface area (Å²) in [6.07, 6.45) is 25.5. The Morgan fingerprint density at radius 1 is 0.548 bits per heavy atom. The Balaban J connectivity index is 1.84. The fraction of sp³-hybridized carbons (Fsp3) is 0.729. The predicted octanol–water partition coefficient (Wildman–Crippen LogP) is 5.56.